The zero-order valence-corrected chi connectivity index (χ0v) is 17.4. The number of nitrogens with zero attached hydrogens (tertiary/aromatic N) is 2. The molecule has 2 aromatic rings. The first kappa shape index (κ1) is 21.2. The van der Waals surface area contributed by atoms with Gasteiger partial charge in [-0.05, 0) is 26.0 Å². The lowest BCUT2D eigenvalue weighted by Crippen LogP contribution is -2.42. The second-order valence-corrected chi connectivity index (χ2v) is 7.16. The van der Waals surface area contributed by atoms with E-state index in [1.807, 2.05) is 19.9 Å². The van der Waals surface area contributed by atoms with E-state index in [1.54, 1.807) is 42.5 Å². The van der Waals surface area contributed by atoms with Crippen LogP contribution in [0.4, 0.5) is 16.2 Å². The Morgan fingerprint density at radius 1 is 1.03 bits per heavy atom. The van der Waals surface area contributed by atoms with E-state index >= 15 is 0 Å². The van der Waals surface area contributed by atoms with Crippen LogP contribution in [0.2, 0.25) is 0 Å². The summed E-state index contributed by atoms with van der Waals surface area (Å²) in [7, 11) is 3.03. The Hall–Kier alpha value is -3.55. The Kier molecular flexibility index (Phi) is 6.25. The van der Waals surface area contributed by atoms with Crippen LogP contribution in [-0.4, -0.2) is 49.0 Å². The molecule has 30 heavy (non-hydrogen) atoms. The molecule has 2 aromatic carbocycles. The summed E-state index contributed by atoms with van der Waals surface area (Å²) in [5.74, 6) is 0.238. The molecule has 0 bridgehead atoms. The Bertz CT molecular complexity index is 923. The third-order valence-electron chi connectivity index (χ3n) is 4.84. The highest BCUT2D eigenvalue weighted by molar-refractivity contribution is 6.22. The number of benzene rings is 2. The predicted molar refractivity (Wildman–Crippen MR) is 113 cm³/mol. The number of anilines is 2. The topological polar surface area (TPSA) is 88.2 Å². The standard InChI is InChI=1S/C22H25N3O5/c1-14(2)24-19(21(27)25(22(24)28)16-8-6-5-7-9-16)13-20(26)23-15-10-17(29-3)12-18(11-15)30-4/h5-12,14,19H,13H2,1-4H3,(H,23,26). The van der Waals surface area contributed by atoms with Crippen molar-refractivity contribution in [3.05, 3.63) is 48.5 Å². The van der Waals surface area contributed by atoms with E-state index in [0.717, 1.165) is 4.90 Å². The van der Waals surface area contributed by atoms with Crippen LogP contribution >= 0.6 is 0 Å². The van der Waals surface area contributed by atoms with Crippen LogP contribution in [0.3, 0.4) is 0 Å². The molecule has 1 fully saturated rings. The third kappa shape index (κ3) is 4.22. The van der Waals surface area contributed by atoms with Gasteiger partial charge < -0.3 is 19.7 Å². The summed E-state index contributed by atoms with van der Waals surface area (Å²) in [6, 6.07) is 12.1. The van der Waals surface area contributed by atoms with Crippen LogP contribution < -0.4 is 19.7 Å². The maximum atomic E-state index is 13.1. The second kappa shape index (κ2) is 8.86. The van der Waals surface area contributed by atoms with Crippen LogP contribution in [-0.2, 0) is 9.59 Å². The SMILES string of the molecule is COc1cc(NC(=O)CC2C(=O)N(c3ccccc3)C(=O)N2C(C)C)cc(OC)c1. The Morgan fingerprint density at radius 2 is 1.63 bits per heavy atom. The summed E-state index contributed by atoms with van der Waals surface area (Å²) in [6.07, 6.45) is -0.161. The van der Waals surface area contributed by atoms with Crippen LogP contribution in [0.1, 0.15) is 20.3 Å². The molecule has 1 unspecified atom stereocenters. The fraction of sp³-hybridized carbons (Fsp3) is 0.318. The molecule has 1 N–H and O–H groups in total. The van der Waals surface area contributed by atoms with Gasteiger partial charge in [0.15, 0.2) is 0 Å². The minimum atomic E-state index is -0.884. The molecule has 3 rings (SSSR count). The minimum absolute atomic E-state index is 0.161. The number of nitrogens with one attached hydrogen (secondary N) is 1. The summed E-state index contributed by atoms with van der Waals surface area (Å²) in [6.45, 7) is 3.63. The molecular formula is C22H25N3O5. The average Bonchev–Trinajstić information content (AvgIpc) is 2.97. The molecule has 1 heterocycles. The quantitative estimate of drug-likeness (QED) is 0.707. The first-order valence-corrected chi connectivity index (χ1v) is 9.60. The number of para-hydroxylation sites is 1. The number of amides is 4. The molecule has 158 valence electrons. The zero-order chi connectivity index (χ0) is 21.8. The number of imide groups is 1. The van der Waals surface area contributed by atoms with Crippen molar-refractivity contribution in [2.75, 3.05) is 24.4 Å². The first-order valence-electron chi connectivity index (χ1n) is 9.60. The van der Waals surface area contributed by atoms with E-state index in [4.69, 9.17) is 9.47 Å². The largest absolute Gasteiger partial charge is 0.497 e. The van der Waals surface area contributed by atoms with E-state index in [0.29, 0.717) is 22.9 Å². The first-order chi connectivity index (χ1) is 14.3. The van der Waals surface area contributed by atoms with Gasteiger partial charge in [0.2, 0.25) is 5.91 Å². The number of carbonyl (C=O) groups excluding carboxylic acids is 3. The summed E-state index contributed by atoms with van der Waals surface area (Å²) in [4.78, 5) is 41.3. The molecule has 1 atom stereocenters. The number of ether oxygens (including phenoxy) is 2. The van der Waals surface area contributed by atoms with Gasteiger partial charge in [-0.15, -0.1) is 0 Å². The van der Waals surface area contributed by atoms with Gasteiger partial charge in [0, 0.05) is 29.9 Å². The van der Waals surface area contributed by atoms with Gasteiger partial charge in [-0.25, -0.2) is 9.69 Å². The van der Waals surface area contributed by atoms with Crippen molar-refractivity contribution >= 4 is 29.2 Å². The minimum Gasteiger partial charge on any atom is -0.497 e. The molecule has 0 radical (unpaired) electrons. The van der Waals surface area contributed by atoms with Crippen molar-refractivity contribution in [1.82, 2.24) is 4.90 Å². The Labute approximate surface area is 175 Å². The second-order valence-electron chi connectivity index (χ2n) is 7.16. The number of urea groups is 1. The van der Waals surface area contributed by atoms with Gasteiger partial charge in [0.25, 0.3) is 5.91 Å². The Morgan fingerprint density at radius 3 is 2.17 bits per heavy atom. The van der Waals surface area contributed by atoms with Crippen molar-refractivity contribution in [2.45, 2.75) is 32.4 Å². The highest BCUT2D eigenvalue weighted by Gasteiger charge is 2.47. The summed E-state index contributed by atoms with van der Waals surface area (Å²) < 4.78 is 10.4. The molecule has 1 aliphatic heterocycles. The normalized spacial score (nSPS) is 16.2. The molecule has 4 amide bonds. The molecular weight excluding hydrogens is 386 g/mol. The Balaban J connectivity index is 1.81. The van der Waals surface area contributed by atoms with Crippen LogP contribution in [0.5, 0.6) is 11.5 Å². The summed E-state index contributed by atoms with van der Waals surface area (Å²) >= 11 is 0. The van der Waals surface area contributed by atoms with Crippen LogP contribution in [0, 0.1) is 0 Å². The van der Waals surface area contributed by atoms with Crippen LogP contribution in [0.25, 0.3) is 0 Å². The molecule has 8 nitrogen and oxygen atoms in total. The monoisotopic (exact) mass is 411 g/mol. The van der Waals surface area contributed by atoms with Crippen molar-refractivity contribution in [3.8, 4) is 11.5 Å². The highest BCUT2D eigenvalue weighted by atomic mass is 16.5. The smallest absolute Gasteiger partial charge is 0.332 e. The van der Waals surface area contributed by atoms with Gasteiger partial charge in [-0.3, -0.25) is 9.59 Å². The lowest BCUT2D eigenvalue weighted by Gasteiger charge is -2.25. The number of methoxy groups -OCH3 is 2. The fourth-order valence-corrected chi connectivity index (χ4v) is 3.46. The maximum Gasteiger partial charge on any atom is 0.332 e. The summed E-state index contributed by atoms with van der Waals surface area (Å²) in [5, 5.41) is 2.76. The van der Waals surface area contributed by atoms with E-state index in [1.165, 1.54) is 19.1 Å². The van der Waals surface area contributed by atoms with Crippen molar-refractivity contribution in [2.24, 2.45) is 0 Å². The molecule has 1 saturated heterocycles. The third-order valence-corrected chi connectivity index (χ3v) is 4.84. The van der Waals surface area contributed by atoms with Gasteiger partial charge in [0.1, 0.15) is 17.5 Å². The fourth-order valence-electron chi connectivity index (χ4n) is 3.46. The van der Waals surface area contributed by atoms with Crippen molar-refractivity contribution < 1.29 is 23.9 Å². The molecule has 0 aromatic heterocycles. The average molecular weight is 411 g/mol. The molecule has 8 heteroatoms. The maximum absolute atomic E-state index is 13.1. The molecule has 1 aliphatic rings. The van der Waals surface area contributed by atoms with Gasteiger partial charge in [-0.1, -0.05) is 18.2 Å². The van der Waals surface area contributed by atoms with Crippen molar-refractivity contribution in [1.29, 1.82) is 0 Å². The van der Waals surface area contributed by atoms with E-state index in [9.17, 15) is 14.4 Å². The number of carbonyl (C=O) groups is 3. The predicted octanol–water partition coefficient (Wildman–Crippen LogP) is 3.28. The number of rotatable bonds is 7. The van der Waals surface area contributed by atoms with Crippen molar-refractivity contribution in [3.63, 3.8) is 0 Å². The highest BCUT2D eigenvalue weighted by Crippen LogP contribution is 2.29. The summed E-state index contributed by atoms with van der Waals surface area (Å²) in [5.41, 5.74) is 0.961. The van der Waals surface area contributed by atoms with E-state index in [-0.39, 0.29) is 12.5 Å². The van der Waals surface area contributed by atoms with Gasteiger partial charge >= 0.3 is 6.03 Å². The zero-order valence-electron chi connectivity index (χ0n) is 17.4. The van der Waals surface area contributed by atoms with Gasteiger partial charge in [-0.2, -0.15) is 0 Å². The van der Waals surface area contributed by atoms with E-state index in [2.05, 4.69) is 5.32 Å². The molecule has 0 saturated carbocycles. The lowest BCUT2D eigenvalue weighted by molar-refractivity contribution is -0.124. The van der Waals surface area contributed by atoms with E-state index < -0.39 is 23.9 Å². The van der Waals surface area contributed by atoms with Gasteiger partial charge in [0.05, 0.1) is 26.3 Å². The number of hydrogen-bond acceptors (Lipinski definition) is 5. The molecule has 0 aliphatic carbocycles. The lowest BCUT2D eigenvalue weighted by atomic mass is 10.1. The number of hydrogen-bond donors (Lipinski definition) is 1. The van der Waals surface area contributed by atoms with Crippen LogP contribution in [0.15, 0.2) is 48.5 Å². The molecule has 0 spiro atoms.